The molecule has 0 radical (unpaired) electrons. The molecule has 0 spiro atoms. The predicted octanol–water partition coefficient (Wildman–Crippen LogP) is 3.46. The van der Waals surface area contributed by atoms with Crippen LogP contribution in [0.3, 0.4) is 0 Å². The molecule has 0 aliphatic heterocycles. The molecular formula is C16H14FN5. The zero-order chi connectivity index (χ0) is 15.4. The minimum Gasteiger partial charge on any atom is -0.357 e. The second kappa shape index (κ2) is 6.17. The molecule has 0 saturated carbocycles. The zero-order valence-electron chi connectivity index (χ0n) is 11.9. The smallest absolute Gasteiger partial charge is 0.224 e. The third kappa shape index (κ3) is 3.17. The first-order valence-electron chi connectivity index (χ1n) is 6.74. The van der Waals surface area contributed by atoms with Gasteiger partial charge in [-0.3, -0.25) is 4.98 Å². The standard InChI is InChI=1S/C16H14FN5/c1-18-16-21-14(11-3-2-8-19-10-11)9-15(22-16)20-13-6-4-12(17)5-7-13/h2-10H,1H3,(H2,18,20,21,22). The van der Waals surface area contributed by atoms with Crippen LogP contribution in [-0.2, 0) is 0 Å². The Morgan fingerprint density at radius 3 is 2.55 bits per heavy atom. The van der Waals surface area contributed by atoms with Crippen molar-refractivity contribution >= 4 is 17.5 Å². The van der Waals surface area contributed by atoms with Crippen molar-refractivity contribution < 1.29 is 4.39 Å². The van der Waals surface area contributed by atoms with E-state index in [0.29, 0.717) is 11.8 Å². The van der Waals surface area contributed by atoms with Gasteiger partial charge in [0.1, 0.15) is 11.6 Å². The molecule has 22 heavy (non-hydrogen) atoms. The van der Waals surface area contributed by atoms with E-state index in [1.54, 1.807) is 31.6 Å². The molecule has 3 aromatic rings. The average Bonchev–Trinajstić information content (AvgIpc) is 2.57. The summed E-state index contributed by atoms with van der Waals surface area (Å²) in [6.45, 7) is 0. The lowest BCUT2D eigenvalue weighted by Gasteiger charge is -2.10. The Balaban J connectivity index is 1.95. The second-order valence-corrected chi connectivity index (χ2v) is 4.59. The fraction of sp³-hybridized carbons (Fsp3) is 0.0625. The molecule has 0 saturated heterocycles. The van der Waals surface area contributed by atoms with E-state index in [4.69, 9.17) is 0 Å². The van der Waals surface area contributed by atoms with Crippen LogP contribution in [0.2, 0.25) is 0 Å². The highest BCUT2D eigenvalue weighted by Crippen LogP contribution is 2.23. The molecule has 0 unspecified atom stereocenters. The van der Waals surface area contributed by atoms with Crippen LogP contribution in [0.4, 0.5) is 21.8 Å². The van der Waals surface area contributed by atoms with Crippen molar-refractivity contribution in [2.75, 3.05) is 17.7 Å². The molecule has 0 aliphatic rings. The quantitative estimate of drug-likeness (QED) is 0.771. The molecule has 2 aromatic heterocycles. The monoisotopic (exact) mass is 295 g/mol. The molecular weight excluding hydrogens is 281 g/mol. The van der Waals surface area contributed by atoms with Crippen molar-refractivity contribution in [3.05, 3.63) is 60.7 Å². The lowest BCUT2D eigenvalue weighted by molar-refractivity contribution is 0.628. The molecule has 0 amide bonds. The van der Waals surface area contributed by atoms with E-state index < -0.39 is 0 Å². The van der Waals surface area contributed by atoms with Gasteiger partial charge in [-0.15, -0.1) is 0 Å². The number of rotatable bonds is 4. The Bertz CT molecular complexity index is 759. The maximum atomic E-state index is 13.0. The Hall–Kier alpha value is -3.02. The van der Waals surface area contributed by atoms with Crippen molar-refractivity contribution in [1.29, 1.82) is 0 Å². The molecule has 2 N–H and O–H groups in total. The number of halogens is 1. The SMILES string of the molecule is CNc1nc(Nc2ccc(F)cc2)cc(-c2cccnc2)n1. The average molecular weight is 295 g/mol. The third-order valence-electron chi connectivity index (χ3n) is 3.02. The van der Waals surface area contributed by atoms with Crippen molar-refractivity contribution in [1.82, 2.24) is 15.0 Å². The Labute approximate surface area is 127 Å². The summed E-state index contributed by atoms with van der Waals surface area (Å²) in [5.41, 5.74) is 2.39. The molecule has 0 bridgehead atoms. The minimum atomic E-state index is -0.278. The van der Waals surface area contributed by atoms with E-state index in [1.807, 2.05) is 18.2 Å². The van der Waals surface area contributed by atoms with Gasteiger partial charge in [0.05, 0.1) is 5.69 Å². The summed E-state index contributed by atoms with van der Waals surface area (Å²) in [4.78, 5) is 12.9. The molecule has 0 fully saturated rings. The predicted molar refractivity (Wildman–Crippen MR) is 84.5 cm³/mol. The van der Waals surface area contributed by atoms with E-state index in [2.05, 4.69) is 25.6 Å². The Morgan fingerprint density at radius 1 is 1.05 bits per heavy atom. The Morgan fingerprint density at radius 2 is 1.86 bits per heavy atom. The largest absolute Gasteiger partial charge is 0.357 e. The van der Waals surface area contributed by atoms with E-state index in [-0.39, 0.29) is 5.82 Å². The summed E-state index contributed by atoms with van der Waals surface area (Å²) in [6, 6.07) is 11.7. The van der Waals surface area contributed by atoms with Gasteiger partial charge in [0, 0.05) is 36.8 Å². The van der Waals surface area contributed by atoms with Crippen LogP contribution in [0, 0.1) is 5.82 Å². The van der Waals surface area contributed by atoms with Crippen LogP contribution in [0.25, 0.3) is 11.3 Å². The number of hydrogen-bond acceptors (Lipinski definition) is 5. The molecule has 5 nitrogen and oxygen atoms in total. The van der Waals surface area contributed by atoms with Crippen LogP contribution in [0.1, 0.15) is 0 Å². The summed E-state index contributed by atoms with van der Waals surface area (Å²) >= 11 is 0. The summed E-state index contributed by atoms with van der Waals surface area (Å²) < 4.78 is 13.0. The van der Waals surface area contributed by atoms with Crippen LogP contribution >= 0.6 is 0 Å². The number of benzene rings is 1. The summed E-state index contributed by atoms with van der Waals surface area (Å²) in [5, 5.41) is 6.07. The topological polar surface area (TPSA) is 62.7 Å². The van der Waals surface area contributed by atoms with Gasteiger partial charge in [0.25, 0.3) is 0 Å². The number of anilines is 3. The third-order valence-corrected chi connectivity index (χ3v) is 3.02. The molecule has 0 aliphatic carbocycles. The lowest BCUT2D eigenvalue weighted by Crippen LogP contribution is -2.02. The molecule has 0 atom stereocenters. The number of nitrogens with zero attached hydrogens (tertiary/aromatic N) is 3. The van der Waals surface area contributed by atoms with E-state index in [9.17, 15) is 4.39 Å². The number of aromatic nitrogens is 3. The molecule has 6 heteroatoms. The zero-order valence-corrected chi connectivity index (χ0v) is 11.9. The Kier molecular flexibility index (Phi) is 3.91. The van der Waals surface area contributed by atoms with Crippen LogP contribution < -0.4 is 10.6 Å². The van der Waals surface area contributed by atoms with E-state index in [0.717, 1.165) is 16.9 Å². The van der Waals surface area contributed by atoms with Gasteiger partial charge < -0.3 is 10.6 Å². The highest BCUT2D eigenvalue weighted by Gasteiger charge is 2.06. The van der Waals surface area contributed by atoms with E-state index in [1.165, 1.54) is 12.1 Å². The fourth-order valence-electron chi connectivity index (χ4n) is 1.97. The molecule has 2 heterocycles. The number of pyridine rings is 1. The van der Waals surface area contributed by atoms with Crippen LogP contribution in [0.15, 0.2) is 54.9 Å². The van der Waals surface area contributed by atoms with Crippen molar-refractivity contribution in [2.45, 2.75) is 0 Å². The first-order valence-corrected chi connectivity index (χ1v) is 6.74. The van der Waals surface area contributed by atoms with Crippen molar-refractivity contribution in [3.63, 3.8) is 0 Å². The minimum absolute atomic E-state index is 0.278. The maximum absolute atomic E-state index is 13.0. The van der Waals surface area contributed by atoms with Gasteiger partial charge in [-0.1, -0.05) is 0 Å². The normalized spacial score (nSPS) is 10.3. The van der Waals surface area contributed by atoms with E-state index >= 15 is 0 Å². The highest BCUT2D eigenvalue weighted by atomic mass is 19.1. The second-order valence-electron chi connectivity index (χ2n) is 4.59. The summed E-state index contributed by atoms with van der Waals surface area (Å²) in [6.07, 6.45) is 3.45. The van der Waals surface area contributed by atoms with Crippen LogP contribution in [-0.4, -0.2) is 22.0 Å². The van der Waals surface area contributed by atoms with Gasteiger partial charge in [-0.2, -0.15) is 4.98 Å². The maximum Gasteiger partial charge on any atom is 0.224 e. The van der Waals surface area contributed by atoms with Crippen molar-refractivity contribution in [3.8, 4) is 11.3 Å². The molecule has 1 aromatic carbocycles. The van der Waals surface area contributed by atoms with Crippen molar-refractivity contribution in [2.24, 2.45) is 0 Å². The lowest BCUT2D eigenvalue weighted by atomic mass is 10.2. The first kappa shape index (κ1) is 13.9. The summed E-state index contributed by atoms with van der Waals surface area (Å²) in [7, 11) is 1.75. The first-order chi connectivity index (χ1) is 10.7. The molecule has 3 rings (SSSR count). The number of nitrogens with one attached hydrogen (secondary N) is 2. The molecule has 110 valence electrons. The van der Waals surface area contributed by atoms with Crippen LogP contribution in [0.5, 0.6) is 0 Å². The van der Waals surface area contributed by atoms with Gasteiger partial charge >= 0.3 is 0 Å². The fourth-order valence-corrected chi connectivity index (χ4v) is 1.97. The van der Waals surface area contributed by atoms with Gasteiger partial charge in [-0.25, -0.2) is 9.37 Å². The van der Waals surface area contributed by atoms with Gasteiger partial charge in [0.15, 0.2) is 0 Å². The number of hydrogen-bond donors (Lipinski definition) is 2. The summed E-state index contributed by atoms with van der Waals surface area (Å²) in [5.74, 6) is 0.830. The van der Waals surface area contributed by atoms with Gasteiger partial charge in [0.2, 0.25) is 5.95 Å². The van der Waals surface area contributed by atoms with Gasteiger partial charge in [-0.05, 0) is 36.4 Å². The highest BCUT2D eigenvalue weighted by molar-refractivity contribution is 5.66.